The number of hydrogen-bond acceptors (Lipinski definition) is 4. The highest BCUT2D eigenvalue weighted by molar-refractivity contribution is 7.11. The van der Waals surface area contributed by atoms with Crippen LogP contribution in [0.15, 0.2) is 29.3 Å². The molecule has 0 bridgehead atoms. The topological polar surface area (TPSA) is 78.4 Å². The van der Waals surface area contributed by atoms with Crippen LogP contribution in [0.25, 0.3) is 0 Å². The predicted molar refractivity (Wildman–Crippen MR) is 102 cm³/mol. The Morgan fingerprint density at radius 2 is 2.16 bits per heavy atom. The third-order valence-electron chi connectivity index (χ3n) is 4.33. The van der Waals surface area contributed by atoms with Crippen LogP contribution in [0.4, 0.5) is 5.69 Å². The monoisotopic (exact) mass is 357 g/mol. The molecule has 1 amide bonds. The molecule has 1 atom stereocenters. The highest BCUT2D eigenvalue weighted by Crippen LogP contribution is 2.31. The minimum absolute atomic E-state index is 0.0576. The van der Waals surface area contributed by atoms with Gasteiger partial charge in [-0.15, -0.1) is 11.3 Å². The number of amides is 1. The number of aryl methyl sites for hydroxylation is 2. The summed E-state index contributed by atoms with van der Waals surface area (Å²) >= 11 is 1.69. The van der Waals surface area contributed by atoms with E-state index in [0.29, 0.717) is 25.5 Å². The van der Waals surface area contributed by atoms with Crippen LogP contribution in [0.1, 0.15) is 33.5 Å². The second-order valence-electron chi connectivity index (χ2n) is 6.09. The zero-order valence-electron chi connectivity index (χ0n) is 14.7. The average Bonchev–Trinajstić information content (AvgIpc) is 2.92. The predicted octanol–water partition coefficient (Wildman–Crippen LogP) is 2.55. The first-order chi connectivity index (χ1) is 12.1. The van der Waals surface area contributed by atoms with Crippen molar-refractivity contribution in [3.8, 4) is 0 Å². The SMILES string of the molecule is CN=C(NCc1nc(C)c(C)s1)NCC1CC(=O)Nc2ccccc21. The minimum atomic E-state index is 0.0576. The largest absolute Gasteiger partial charge is 0.356 e. The Bertz CT molecular complexity index is 779. The first-order valence-electron chi connectivity index (χ1n) is 8.33. The Hall–Kier alpha value is -2.41. The third kappa shape index (κ3) is 4.17. The van der Waals surface area contributed by atoms with Gasteiger partial charge in [0.05, 0.1) is 12.2 Å². The first-order valence-corrected chi connectivity index (χ1v) is 9.14. The van der Waals surface area contributed by atoms with Crippen LogP contribution >= 0.6 is 11.3 Å². The van der Waals surface area contributed by atoms with Crippen molar-refractivity contribution in [1.29, 1.82) is 0 Å². The number of carbonyl (C=O) groups is 1. The Morgan fingerprint density at radius 1 is 1.36 bits per heavy atom. The summed E-state index contributed by atoms with van der Waals surface area (Å²) in [6.45, 7) is 5.39. The molecule has 6 nitrogen and oxygen atoms in total. The molecule has 3 rings (SSSR count). The Morgan fingerprint density at radius 3 is 2.88 bits per heavy atom. The molecule has 1 aromatic carbocycles. The second-order valence-corrected chi connectivity index (χ2v) is 7.38. The van der Waals surface area contributed by atoms with Crippen LogP contribution in [0.5, 0.6) is 0 Å². The maximum Gasteiger partial charge on any atom is 0.225 e. The molecule has 132 valence electrons. The number of aliphatic imine (C=N–C) groups is 1. The number of para-hydroxylation sites is 1. The van der Waals surface area contributed by atoms with Crippen molar-refractivity contribution in [1.82, 2.24) is 15.6 Å². The summed E-state index contributed by atoms with van der Waals surface area (Å²) in [5.41, 5.74) is 3.15. The molecule has 0 radical (unpaired) electrons. The summed E-state index contributed by atoms with van der Waals surface area (Å²) in [5.74, 6) is 0.906. The van der Waals surface area contributed by atoms with Crippen molar-refractivity contribution in [3.05, 3.63) is 45.4 Å². The van der Waals surface area contributed by atoms with Crippen molar-refractivity contribution in [2.75, 3.05) is 18.9 Å². The number of hydrogen-bond donors (Lipinski definition) is 3. The maximum atomic E-state index is 11.9. The van der Waals surface area contributed by atoms with E-state index in [-0.39, 0.29) is 11.8 Å². The van der Waals surface area contributed by atoms with E-state index in [1.165, 1.54) is 4.88 Å². The fourth-order valence-electron chi connectivity index (χ4n) is 2.90. The summed E-state index contributed by atoms with van der Waals surface area (Å²) < 4.78 is 0. The standard InChI is InChI=1S/C18H23N5OS/c1-11-12(2)25-17(22-11)10-21-18(19-3)20-9-13-8-16(24)23-15-7-5-4-6-14(13)15/h4-7,13H,8-10H2,1-3H3,(H,23,24)(H2,19,20,21). The van der Waals surface area contributed by atoms with Gasteiger partial charge >= 0.3 is 0 Å². The van der Waals surface area contributed by atoms with Gasteiger partial charge in [0.1, 0.15) is 5.01 Å². The van der Waals surface area contributed by atoms with Gasteiger partial charge in [-0.3, -0.25) is 9.79 Å². The summed E-state index contributed by atoms with van der Waals surface area (Å²) in [4.78, 5) is 21.9. The molecule has 0 saturated carbocycles. The molecule has 0 saturated heterocycles. The quantitative estimate of drug-likeness (QED) is 0.580. The van der Waals surface area contributed by atoms with Gasteiger partial charge in [0.2, 0.25) is 5.91 Å². The molecule has 7 heteroatoms. The number of fused-ring (bicyclic) bond motifs is 1. The number of guanidine groups is 1. The Kier molecular flexibility index (Phi) is 5.33. The van der Waals surface area contributed by atoms with Crippen molar-refractivity contribution in [3.63, 3.8) is 0 Å². The lowest BCUT2D eigenvalue weighted by molar-refractivity contribution is -0.116. The minimum Gasteiger partial charge on any atom is -0.356 e. The van der Waals surface area contributed by atoms with E-state index in [0.717, 1.165) is 22.0 Å². The average molecular weight is 357 g/mol. The highest BCUT2D eigenvalue weighted by atomic mass is 32.1. The van der Waals surface area contributed by atoms with Crippen molar-refractivity contribution in [2.24, 2.45) is 4.99 Å². The first kappa shape index (κ1) is 17.4. The van der Waals surface area contributed by atoms with E-state index in [4.69, 9.17) is 0 Å². The normalized spacial score (nSPS) is 17.0. The van der Waals surface area contributed by atoms with E-state index in [1.54, 1.807) is 18.4 Å². The molecule has 1 aliphatic heterocycles. The molecular weight excluding hydrogens is 334 g/mol. The number of carbonyl (C=O) groups excluding carboxylic acids is 1. The number of nitrogens with zero attached hydrogens (tertiary/aromatic N) is 2. The molecule has 0 aliphatic carbocycles. The van der Waals surface area contributed by atoms with Crippen LogP contribution in [0.2, 0.25) is 0 Å². The third-order valence-corrected chi connectivity index (χ3v) is 5.40. The number of anilines is 1. The van der Waals surface area contributed by atoms with Crippen LogP contribution in [0, 0.1) is 13.8 Å². The van der Waals surface area contributed by atoms with Crippen molar-refractivity contribution in [2.45, 2.75) is 32.7 Å². The lowest BCUT2D eigenvalue weighted by Crippen LogP contribution is -2.40. The smallest absolute Gasteiger partial charge is 0.225 e. The van der Waals surface area contributed by atoms with E-state index < -0.39 is 0 Å². The van der Waals surface area contributed by atoms with Crippen LogP contribution in [-0.2, 0) is 11.3 Å². The zero-order valence-corrected chi connectivity index (χ0v) is 15.5. The lowest BCUT2D eigenvalue weighted by Gasteiger charge is -2.26. The lowest BCUT2D eigenvalue weighted by atomic mass is 9.90. The zero-order chi connectivity index (χ0) is 17.8. The second kappa shape index (κ2) is 7.65. The van der Waals surface area contributed by atoms with Gasteiger partial charge in [0.25, 0.3) is 0 Å². The number of benzene rings is 1. The molecule has 0 fully saturated rings. The van der Waals surface area contributed by atoms with E-state index in [2.05, 4.69) is 38.9 Å². The molecule has 2 aromatic rings. The van der Waals surface area contributed by atoms with Crippen molar-refractivity contribution >= 4 is 28.9 Å². The van der Waals surface area contributed by atoms with Gasteiger partial charge < -0.3 is 16.0 Å². The highest BCUT2D eigenvalue weighted by Gasteiger charge is 2.24. The van der Waals surface area contributed by atoms with E-state index in [1.807, 2.05) is 25.1 Å². The van der Waals surface area contributed by atoms with Gasteiger partial charge in [-0.05, 0) is 25.5 Å². The van der Waals surface area contributed by atoms with Crippen LogP contribution in [-0.4, -0.2) is 30.4 Å². The molecule has 1 aromatic heterocycles. The molecule has 3 N–H and O–H groups in total. The Labute approximate surface area is 151 Å². The number of aromatic nitrogens is 1. The molecule has 2 heterocycles. The molecule has 1 unspecified atom stereocenters. The van der Waals surface area contributed by atoms with Gasteiger partial charge in [-0.25, -0.2) is 4.98 Å². The molecule has 1 aliphatic rings. The van der Waals surface area contributed by atoms with E-state index >= 15 is 0 Å². The maximum absolute atomic E-state index is 11.9. The summed E-state index contributed by atoms with van der Waals surface area (Å²) in [7, 11) is 1.75. The van der Waals surface area contributed by atoms with Gasteiger partial charge in [-0.1, -0.05) is 18.2 Å². The van der Waals surface area contributed by atoms with Gasteiger partial charge in [0, 0.05) is 36.5 Å². The number of nitrogens with one attached hydrogen (secondary N) is 3. The van der Waals surface area contributed by atoms with Gasteiger partial charge in [-0.2, -0.15) is 0 Å². The fourth-order valence-corrected chi connectivity index (χ4v) is 3.77. The Balaban J connectivity index is 1.59. The number of rotatable bonds is 4. The van der Waals surface area contributed by atoms with E-state index in [9.17, 15) is 4.79 Å². The van der Waals surface area contributed by atoms with Gasteiger partial charge in [0.15, 0.2) is 5.96 Å². The van der Waals surface area contributed by atoms with Crippen LogP contribution in [0.3, 0.4) is 0 Å². The summed E-state index contributed by atoms with van der Waals surface area (Å²) in [6, 6.07) is 7.95. The van der Waals surface area contributed by atoms with Crippen LogP contribution < -0.4 is 16.0 Å². The molecule has 0 spiro atoms. The molecular formula is C18H23N5OS. The fraction of sp³-hybridized carbons (Fsp3) is 0.389. The summed E-state index contributed by atoms with van der Waals surface area (Å²) in [6.07, 6.45) is 0.478. The van der Waals surface area contributed by atoms with Crippen molar-refractivity contribution < 1.29 is 4.79 Å². The number of thiazole rings is 1. The molecule has 25 heavy (non-hydrogen) atoms. The summed E-state index contributed by atoms with van der Waals surface area (Å²) in [5, 5.41) is 10.6.